The van der Waals surface area contributed by atoms with Crippen LogP contribution in [0, 0.1) is 5.92 Å². The number of ether oxygens (including phenoxy) is 1. The van der Waals surface area contributed by atoms with Crippen molar-refractivity contribution >= 4 is 43.5 Å². The molecule has 0 aliphatic heterocycles. The van der Waals surface area contributed by atoms with Gasteiger partial charge in [-0.1, -0.05) is 26.0 Å². The van der Waals surface area contributed by atoms with Crippen LogP contribution in [-0.2, 0) is 25.0 Å². The minimum absolute atomic E-state index is 0.188. The normalized spacial score (nSPS) is 13.9. The summed E-state index contributed by atoms with van der Waals surface area (Å²) in [4.78, 5) is 15.7. The summed E-state index contributed by atoms with van der Waals surface area (Å²) >= 11 is 3.55. The summed E-state index contributed by atoms with van der Waals surface area (Å²) in [6, 6.07) is 8.39. The molecule has 0 saturated carbocycles. The number of thioether (sulfide) groups is 1. The Kier molecular flexibility index (Phi) is 6.57. The number of fused-ring (bicyclic) bond motifs is 5. The van der Waals surface area contributed by atoms with Crippen molar-refractivity contribution in [1.82, 2.24) is 15.0 Å². The Bertz CT molecular complexity index is 1280. The molecule has 172 valence electrons. The van der Waals surface area contributed by atoms with Crippen LogP contribution in [0.3, 0.4) is 0 Å². The smallest absolute Gasteiger partial charge is 0.126 e. The van der Waals surface area contributed by atoms with Gasteiger partial charge in [0.1, 0.15) is 21.9 Å². The molecule has 6 heteroatoms. The lowest BCUT2D eigenvalue weighted by atomic mass is 9.87. The number of nitrogens with zero attached hydrogens (tertiary/aromatic N) is 3. The van der Waals surface area contributed by atoms with Gasteiger partial charge < -0.3 is 4.74 Å². The van der Waals surface area contributed by atoms with Gasteiger partial charge in [-0.25, -0.2) is 15.0 Å². The van der Waals surface area contributed by atoms with Gasteiger partial charge in [-0.2, -0.15) is 0 Å². The van der Waals surface area contributed by atoms with Gasteiger partial charge in [0, 0.05) is 16.8 Å². The monoisotopic (exact) mass is 477 g/mol. The predicted molar refractivity (Wildman–Crippen MR) is 140 cm³/mol. The molecular formula is C27H31N3OS2. The van der Waals surface area contributed by atoms with Crippen LogP contribution in [0.4, 0.5) is 0 Å². The van der Waals surface area contributed by atoms with Crippen LogP contribution in [0.2, 0.25) is 0 Å². The molecule has 5 rings (SSSR count). The predicted octanol–water partition coefficient (Wildman–Crippen LogP) is 7.40. The van der Waals surface area contributed by atoms with Crippen LogP contribution in [0.25, 0.3) is 20.4 Å². The second-order valence-electron chi connectivity index (χ2n) is 9.56. The van der Waals surface area contributed by atoms with Gasteiger partial charge in [0.2, 0.25) is 0 Å². The van der Waals surface area contributed by atoms with Crippen molar-refractivity contribution in [2.75, 3.05) is 0 Å². The standard InChI is InChI=1S/C27H31N3OS2/c1-16(2)13-22-20-7-5-6-8-21(20)23-24-25(33-26(23)30-22)27(29-15-28-24)32-14-18-9-11-19(12-10-18)31-17(3)4/h9-12,15-17H,5-8,13-14H2,1-4H3. The third-order valence-corrected chi connectivity index (χ3v) is 8.32. The number of hydrogen-bond acceptors (Lipinski definition) is 6. The molecule has 3 heterocycles. The highest BCUT2D eigenvalue weighted by molar-refractivity contribution is 7.98. The molecule has 1 aromatic carbocycles. The zero-order valence-electron chi connectivity index (χ0n) is 19.9. The SMILES string of the molecule is CC(C)Cc1nc2sc3c(SCc4ccc(OC(C)C)cc4)ncnc3c2c2c1CCCC2. The highest BCUT2D eigenvalue weighted by Crippen LogP contribution is 2.42. The maximum atomic E-state index is 5.77. The number of aryl methyl sites for hydroxylation is 1. The van der Waals surface area contributed by atoms with Gasteiger partial charge in [-0.15, -0.1) is 23.1 Å². The molecule has 4 aromatic rings. The molecule has 1 aliphatic rings. The summed E-state index contributed by atoms with van der Waals surface area (Å²) in [6.07, 6.45) is 7.79. The van der Waals surface area contributed by atoms with E-state index in [1.54, 1.807) is 29.4 Å². The van der Waals surface area contributed by atoms with E-state index >= 15 is 0 Å². The Labute approximate surface area is 204 Å². The fourth-order valence-corrected chi connectivity index (χ4v) is 6.87. The number of hydrogen-bond donors (Lipinski definition) is 0. The van der Waals surface area contributed by atoms with E-state index in [9.17, 15) is 0 Å². The molecule has 3 aromatic heterocycles. The van der Waals surface area contributed by atoms with Crippen LogP contribution in [0.15, 0.2) is 35.6 Å². The van der Waals surface area contributed by atoms with Gasteiger partial charge in [0.15, 0.2) is 0 Å². The first kappa shape index (κ1) is 22.6. The van der Waals surface area contributed by atoms with Gasteiger partial charge in [-0.05, 0) is 80.7 Å². The first-order valence-corrected chi connectivity index (χ1v) is 13.8. The van der Waals surface area contributed by atoms with Crippen molar-refractivity contribution in [1.29, 1.82) is 0 Å². The van der Waals surface area contributed by atoms with Gasteiger partial charge >= 0.3 is 0 Å². The van der Waals surface area contributed by atoms with Crippen molar-refractivity contribution in [3.8, 4) is 5.75 Å². The van der Waals surface area contributed by atoms with Gasteiger partial charge in [0.25, 0.3) is 0 Å². The third kappa shape index (κ3) is 4.73. The van der Waals surface area contributed by atoms with Crippen LogP contribution in [-0.4, -0.2) is 21.1 Å². The van der Waals surface area contributed by atoms with E-state index < -0.39 is 0 Å². The summed E-state index contributed by atoms with van der Waals surface area (Å²) in [5, 5.41) is 2.34. The molecule has 4 nitrogen and oxygen atoms in total. The minimum atomic E-state index is 0.188. The molecule has 0 saturated heterocycles. The maximum absolute atomic E-state index is 5.77. The fourth-order valence-electron chi connectivity index (χ4n) is 4.66. The van der Waals surface area contributed by atoms with E-state index in [2.05, 4.69) is 43.1 Å². The second kappa shape index (κ2) is 9.59. The average Bonchev–Trinajstić information content (AvgIpc) is 3.17. The quantitative estimate of drug-likeness (QED) is 0.205. The van der Waals surface area contributed by atoms with Crippen LogP contribution in [0.5, 0.6) is 5.75 Å². The Hall–Kier alpha value is -2.18. The number of benzene rings is 1. The number of thiophene rings is 1. The van der Waals surface area contributed by atoms with Crippen molar-refractivity contribution in [3.05, 3.63) is 53.0 Å². The fraction of sp³-hybridized carbons (Fsp3) is 0.444. The highest BCUT2D eigenvalue weighted by atomic mass is 32.2. The van der Waals surface area contributed by atoms with E-state index in [4.69, 9.17) is 14.7 Å². The minimum Gasteiger partial charge on any atom is -0.491 e. The number of pyridine rings is 1. The summed E-state index contributed by atoms with van der Waals surface area (Å²) < 4.78 is 6.95. The summed E-state index contributed by atoms with van der Waals surface area (Å²) in [7, 11) is 0. The molecule has 0 atom stereocenters. The van der Waals surface area contributed by atoms with Crippen molar-refractivity contribution < 1.29 is 4.74 Å². The van der Waals surface area contributed by atoms with E-state index in [-0.39, 0.29) is 6.10 Å². The Balaban J connectivity index is 1.49. The molecule has 0 spiro atoms. The largest absolute Gasteiger partial charge is 0.491 e. The first-order valence-electron chi connectivity index (χ1n) is 12.0. The lowest BCUT2D eigenvalue weighted by Gasteiger charge is -2.20. The molecule has 0 amide bonds. The molecule has 33 heavy (non-hydrogen) atoms. The van der Waals surface area contributed by atoms with Crippen molar-refractivity contribution in [2.24, 2.45) is 5.92 Å². The van der Waals surface area contributed by atoms with Crippen molar-refractivity contribution in [2.45, 2.75) is 76.7 Å². The Morgan fingerprint density at radius 2 is 1.76 bits per heavy atom. The highest BCUT2D eigenvalue weighted by Gasteiger charge is 2.23. The van der Waals surface area contributed by atoms with E-state index in [0.717, 1.165) is 46.1 Å². The maximum Gasteiger partial charge on any atom is 0.126 e. The lowest BCUT2D eigenvalue weighted by molar-refractivity contribution is 0.242. The molecule has 0 N–H and O–H groups in total. The number of aromatic nitrogens is 3. The molecule has 0 bridgehead atoms. The molecule has 1 aliphatic carbocycles. The first-order chi connectivity index (χ1) is 16.0. The molecular weight excluding hydrogens is 446 g/mol. The molecule has 0 radical (unpaired) electrons. The number of rotatable bonds is 7. The Morgan fingerprint density at radius 1 is 1.00 bits per heavy atom. The van der Waals surface area contributed by atoms with Gasteiger partial charge in [0.05, 0.1) is 16.3 Å². The summed E-state index contributed by atoms with van der Waals surface area (Å²) in [6.45, 7) is 8.67. The molecule has 0 fully saturated rings. The Morgan fingerprint density at radius 3 is 2.48 bits per heavy atom. The lowest BCUT2D eigenvalue weighted by Crippen LogP contribution is -2.11. The van der Waals surface area contributed by atoms with Crippen molar-refractivity contribution in [3.63, 3.8) is 0 Å². The molecule has 0 unspecified atom stereocenters. The van der Waals surface area contributed by atoms with Crippen LogP contribution < -0.4 is 4.74 Å². The average molecular weight is 478 g/mol. The van der Waals surface area contributed by atoms with Crippen LogP contribution in [0.1, 0.15) is 62.9 Å². The summed E-state index contributed by atoms with van der Waals surface area (Å²) in [5.74, 6) is 2.39. The van der Waals surface area contributed by atoms with E-state index in [1.165, 1.54) is 45.3 Å². The van der Waals surface area contributed by atoms with E-state index in [1.807, 2.05) is 13.8 Å². The topological polar surface area (TPSA) is 47.9 Å². The summed E-state index contributed by atoms with van der Waals surface area (Å²) in [5.41, 5.74) is 6.67. The third-order valence-electron chi connectivity index (χ3n) is 6.05. The zero-order chi connectivity index (χ0) is 22.9. The zero-order valence-corrected chi connectivity index (χ0v) is 21.5. The second-order valence-corrected chi connectivity index (χ2v) is 11.5. The van der Waals surface area contributed by atoms with E-state index in [0.29, 0.717) is 5.92 Å². The van der Waals surface area contributed by atoms with Gasteiger partial charge in [-0.3, -0.25) is 0 Å². The van der Waals surface area contributed by atoms with Crippen LogP contribution >= 0.6 is 23.1 Å².